The zero-order chi connectivity index (χ0) is 10.7. The molecule has 1 aromatic heterocycles. The lowest BCUT2D eigenvalue weighted by molar-refractivity contribution is 0.565. The Kier molecular flexibility index (Phi) is 3.34. The molecule has 0 N–H and O–H groups in total. The second kappa shape index (κ2) is 4.73. The minimum absolute atomic E-state index is 0.140. The van der Waals surface area contributed by atoms with Crippen LogP contribution in [0.5, 0.6) is 0 Å². The summed E-state index contributed by atoms with van der Waals surface area (Å²) in [6.07, 6.45) is 2.31. The van der Waals surface area contributed by atoms with Crippen LogP contribution >= 0.6 is 23.2 Å². The summed E-state index contributed by atoms with van der Waals surface area (Å²) in [4.78, 5) is 0. The van der Waals surface area contributed by atoms with Gasteiger partial charge in [-0.3, -0.25) is 0 Å². The molecule has 1 heterocycles. The highest BCUT2D eigenvalue weighted by Crippen LogP contribution is 2.31. The van der Waals surface area contributed by atoms with Gasteiger partial charge >= 0.3 is 0 Å². The topological polar surface area (TPSA) is 13.1 Å². The predicted octanol–water partition coefficient (Wildman–Crippen LogP) is 4.46. The molecule has 0 radical (unpaired) electrons. The van der Waals surface area contributed by atoms with Crippen molar-refractivity contribution >= 4 is 23.2 Å². The second-order valence-corrected chi connectivity index (χ2v) is 4.18. The van der Waals surface area contributed by atoms with Crippen LogP contribution in [-0.4, -0.2) is 0 Å². The molecule has 0 bridgehead atoms. The van der Waals surface area contributed by atoms with Gasteiger partial charge < -0.3 is 4.42 Å². The van der Waals surface area contributed by atoms with Gasteiger partial charge in [-0.1, -0.05) is 30.3 Å². The lowest BCUT2D eigenvalue weighted by atomic mass is 10.1. The van der Waals surface area contributed by atoms with Gasteiger partial charge in [0.2, 0.25) is 0 Å². The molecule has 78 valence electrons. The maximum atomic E-state index is 6.24. The number of hydrogen-bond donors (Lipinski definition) is 0. The summed E-state index contributed by atoms with van der Waals surface area (Å²) in [6.45, 7) is 0. The zero-order valence-electron chi connectivity index (χ0n) is 7.99. The normalized spacial score (nSPS) is 12.7. The van der Waals surface area contributed by atoms with Crippen molar-refractivity contribution in [3.63, 3.8) is 0 Å². The van der Waals surface area contributed by atoms with Crippen molar-refractivity contribution in [2.75, 3.05) is 0 Å². The van der Waals surface area contributed by atoms with Crippen molar-refractivity contribution in [1.29, 1.82) is 0 Å². The maximum Gasteiger partial charge on any atom is 0.197 e. The monoisotopic (exact) mass is 240 g/mol. The Balaban J connectivity index is 2.11. The fourth-order valence-electron chi connectivity index (χ4n) is 1.46. The SMILES string of the molecule is Clc1occc1C(Cl)Cc1ccccc1. The molecule has 0 aliphatic rings. The van der Waals surface area contributed by atoms with Gasteiger partial charge in [-0.15, -0.1) is 11.6 Å². The van der Waals surface area contributed by atoms with E-state index in [9.17, 15) is 0 Å². The Morgan fingerprint density at radius 1 is 1.13 bits per heavy atom. The van der Waals surface area contributed by atoms with Crippen molar-refractivity contribution in [1.82, 2.24) is 0 Å². The summed E-state index contributed by atoms with van der Waals surface area (Å²) < 4.78 is 5.00. The van der Waals surface area contributed by atoms with Gasteiger partial charge in [0.1, 0.15) is 0 Å². The van der Waals surface area contributed by atoms with Gasteiger partial charge in [0.15, 0.2) is 5.22 Å². The molecule has 2 aromatic rings. The standard InChI is InChI=1S/C12H10Cl2O/c13-11(10-6-7-15-12(10)14)8-9-4-2-1-3-5-9/h1-7,11H,8H2. The molecule has 0 amide bonds. The molecule has 1 nitrogen and oxygen atoms in total. The molecule has 1 aromatic carbocycles. The number of benzene rings is 1. The molecular formula is C12H10Cl2O. The van der Waals surface area contributed by atoms with E-state index >= 15 is 0 Å². The van der Waals surface area contributed by atoms with Gasteiger partial charge in [0, 0.05) is 5.56 Å². The van der Waals surface area contributed by atoms with Crippen molar-refractivity contribution in [3.8, 4) is 0 Å². The van der Waals surface area contributed by atoms with E-state index in [0.29, 0.717) is 5.22 Å². The average Bonchev–Trinajstić information content (AvgIpc) is 2.66. The van der Waals surface area contributed by atoms with Gasteiger partial charge in [0.05, 0.1) is 11.6 Å². The summed E-state index contributed by atoms with van der Waals surface area (Å²) >= 11 is 12.1. The van der Waals surface area contributed by atoms with E-state index in [2.05, 4.69) is 0 Å². The van der Waals surface area contributed by atoms with Gasteiger partial charge in [-0.05, 0) is 29.7 Å². The molecule has 1 atom stereocenters. The predicted molar refractivity (Wildman–Crippen MR) is 62.5 cm³/mol. The van der Waals surface area contributed by atoms with E-state index in [1.54, 1.807) is 6.26 Å². The van der Waals surface area contributed by atoms with Crippen molar-refractivity contribution in [2.45, 2.75) is 11.8 Å². The lowest BCUT2D eigenvalue weighted by Gasteiger charge is -2.07. The fraction of sp³-hybridized carbons (Fsp3) is 0.167. The summed E-state index contributed by atoms with van der Waals surface area (Å²) in [5.41, 5.74) is 2.04. The van der Waals surface area contributed by atoms with Gasteiger partial charge in [-0.25, -0.2) is 0 Å². The molecule has 0 aliphatic heterocycles. The van der Waals surface area contributed by atoms with E-state index < -0.39 is 0 Å². The lowest BCUT2D eigenvalue weighted by Crippen LogP contribution is -1.94. The minimum Gasteiger partial charge on any atom is -0.453 e. The number of hydrogen-bond acceptors (Lipinski definition) is 1. The Labute approximate surface area is 98.6 Å². The third kappa shape index (κ3) is 2.55. The Morgan fingerprint density at radius 3 is 2.47 bits per heavy atom. The van der Waals surface area contributed by atoms with Gasteiger partial charge in [-0.2, -0.15) is 0 Å². The van der Waals surface area contributed by atoms with Crippen molar-refractivity contribution in [3.05, 3.63) is 59.0 Å². The van der Waals surface area contributed by atoms with Crippen molar-refractivity contribution < 1.29 is 4.42 Å². The van der Waals surface area contributed by atoms with Crippen LogP contribution in [0.2, 0.25) is 5.22 Å². The van der Waals surface area contributed by atoms with Crippen molar-refractivity contribution in [2.24, 2.45) is 0 Å². The number of halogens is 2. The van der Waals surface area contributed by atoms with Crippen LogP contribution in [0, 0.1) is 0 Å². The van der Waals surface area contributed by atoms with Crippen LogP contribution in [0.4, 0.5) is 0 Å². The Morgan fingerprint density at radius 2 is 1.87 bits per heavy atom. The van der Waals surface area contributed by atoms with E-state index in [1.165, 1.54) is 5.56 Å². The quantitative estimate of drug-likeness (QED) is 0.723. The summed E-state index contributed by atoms with van der Waals surface area (Å²) in [6, 6.07) is 11.9. The first kappa shape index (κ1) is 10.6. The third-order valence-electron chi connectivity index (χ3n) is 2.24. The molecule has 3 heteroatoms. The van der Waals surface area contributed by atoms with Crippen LogP contribution in [0.3, 0.4) is 0 Å². The fourth-order valence-corrected chi connectivity index (χ4v) is 2.11. The second-order valence-electron chi connectivity index (χ2n) is 3.31. The third-order valence-corrected chi connectivity index (χ3v) is 2.94. The molecule has 0 spiro atoms. The number of alkyl halides is 1. The van der Waals surface area contributed by atoms with Crippen LogP contribution < -0.4 is 0 Å². The highest BCUT2D eigenvalue weighted by molar-refractivity contribution is 6.31. The van der Waals surface area contributed by atoms with E-state index in [0.717, 1.165) is 12.0 Å². The summed E-state index contributed by atoms with van der Waals surface area (Å²) in [5, 5.41) is 0.240. The average molecular weight is 241 g/mol. The van der Waals surface area contributed by atoms with Crippen LogP contribution in [-0.2, 0) is 6.42 Å². The largest absolute Gasteiger partial charge is 0.453 e. The molecular weight excluding hydrogens is 231 g/mol. The van der Waals surface area contributed by atoms with Crippen LogP contribution in [0.25, 0.3) is 0 Å². The van der Waals surface area contributed by atoms with E-state index in [-0.39, 0.29) is 5.38 Å². The smallest absolute Gasteiger partial charge is 0.197 e. The Bertz CT molecular complexity index is 422. The molecule has 1 unspecified atom stereocenters. The maximum absolute atomic E-state index is 6.24. The van der Waals surface area contributed by atoms with Crippen LogP contribution in [0.1, 0.15) is 16.5 Å². The first-order valence-electron chi connectivity index (χ1n) is 4.68. The highest BCUT2D eigenvalue weighted by Gasteiger charge is 2.14. The number of furan rings is 1. The number of rotatable bonds is 3. The van der Waals surface area contributed by atoms with Gasteiger partial charge in [0.25, 0.3) is 0 Å². The van der Waals surface area contributed by atoms with Crippen LogP contribution in [0.15, 0.2) is 47.1 Å². The van der Waals surface area contributed by atoms with E-state index in [1.807, 2.05) is 36.4 Å². The molecule has 0 fully saturated rings. The molecule has 0 aliphatic carbocycles. The van der Waals surface area contributed by atoms with E-state index in [4.69, 9.17) is 27.6 Å². The zero-order valence-corrected chi connectivity index (χ0v) is 9.50. The molecule has 0 saturated heterocycles. The summed E-state index contributed by atoms with van der Waals surface area (Å²) in [5.74, 6) is 0. The molecule has 0 saturated carbocycles. The minimum atomic E-state index is -0.140. The Hall–Kier alpha value is -0.920. The first-order valence-corrected chi connectivity index (χ1v) is 5.49. The highest BCUT2D eigenvalue weighted by atomic mass is 35.5. The first-order chi connectivity index (χ1) is 7.27. The summed E-state index contributed by atoms with van der Waals surface area (Å²) in [7, 11) is 0. The molecule has 2 rings (SSSR count). The molecule has 15 heavy (non-hydrogen) atoms.